The molecule has 2 heterocycles. The van der Waals surface area contributed by atoms with Crippen molar-refractivity contribution in [3.05, 3.63) is 48.5 Å². The first kappa shape index (κ1) is 19.0. The zero-order valence-corrected chi connectivity index (χ0v) is 15.5. The van der Waals surface area contributed by atoms with Crippen molar-refractivity contribution in [3.8, 4) is 0 Å². The monoisotopic (exact) mass is 379 g/mol. The smallest absolute Gasteiger partial charge is 0.271 e. The van der Waals surface area contributed by atoms with E-state index in [-0.39, 0.29) is 17.4 Å². The van der Waals surface area contributed by atoms with Crippen LogP contribution in [0.1, 0.15) is 24.3 Å². The highest BCUT2D eigenvalue weighted by Crippen LogP contribution is 2.23. The minimum atomic E-state index is -0.721. The molecule has 0 bridgehead atoms. The summed E-state index contributed by atoms with van der Waals surface area (Å²) < 4.78 is 0. The van der Waals surface area contributed by atoms with Crippen molar-refractivity contribution in [3.63, 3.8) is 0 Å². The lowest BCUT2D eigenvalue weighted by atomic mass is 10.0. The minimum Gasteiger partial charge on any atom is -0.368 e. The number of fused-ring (bicyclic) bond motifs is 1. The van der Waals surface area contributed by atoms with Gasteiger partial charge in [0, 0.05) is 23.5 Å². The van der Waals surface area contributed by atoms with Crippen LogP contribution in [0, 0.1) is 5.92 Å². The largest absolute Gasteiger partial charge is 0.368 e. The second-order valence-electron chi connectivity index (χ2n) is 6.65. The summed E-state index contributed by atoms with van der Waals surface area (Å²) in [6.45, 7) is 3.72. The van der Waals surface area contributed by atoms with Gasteiger partial charge in [0.2, 0.25) is 5.91 Å². The number of nitrogens with one attached hydrogen (secondary N) is 2. The summed E-state index contributed by atoms with van der Waals surface area (Å²) in [5.41, 5.74) is 11.5. The van der Waals surface area contributed by atoms with Gasteiger partial charge < -0.3 is 22.1 Å². The average Bonchev–Trinajstić information content (AvgIpc) is 2.65. The van der Waals surface area contributed by atoms with Crippen molar-refractivity contribution in [2.45, 2.75) is 19.9 Å². The third kappa shape index (κ3) is 4.14. The standard InChI is InChI=1S/C19H21N7O2/c1-10(2)15(17(20)27)25-14-9-23-16(18(21)28)19(26-14)24-13-4-3-12-8-22-6-5-11(12)7-13/h3-10,15H,1-2H3,(H2,20,27)(H2,21,28)(H2,24,25,26). The number of carbonyl (C=O) groups excluding carboxylic acids is 2. The van der Waals surface area contributed by atoms with E-state index in [0.29, 0.717) is 11.5 Å². The molecule has 144 valence electrons. The number of amides is 2. The molecule has 3 aromatic rings. The van der Waals surface area contributed by atoms with Gasteiger partial charge in [-0.15, -0.1) is 0 Å². The Balaban J connectivity index is 1.95. The van der Waals surface area contributed by atoms with Crippen molar-refractivity contribution in [2.75, 3.05) is 10.6 Å². The number of rotatable bonds is 7. The second-order valence-corrected chi connectivity index (χ2v) is 6.65. The van der Waals surface area contributed by atoms with Gasteiger partial charge >= 0.3 is 0 Å². The summed E-state index contributed by atoms with van der Waals surface area (Å²) >= 11 is 0. The number of pyridine rings is 1. The maximum Gasteiger partial charge on any atom is 0.271 e. The van der Waals surface area contributed by atoms with Crippen LogP contribution < -0.4 is 22.1 Å². The number of hydrogen-bond acceptors (Lipinski definition) is 7. The Morgan fingerprint density at radius 2 is 1.86 bits per heavy atom. The summed E-state index contributed by atoms with van der Waals surface area (Å²) in [6, 6.07) is 6.86. The van der Waals surface area contributed by atoms with Crippen LogP contribution >= 0.6 is 0 Å². The Hall–Kier alpha value is -3.75. The molecule has 6 N–H and O–H groups in total. The number of hydrogen-bond donors (Lipinski definition) is 4. The molecule has 9 heteroatoms. The van der Waals surface area contributed by atoms with Gasteiger partial charge in [-0.3, -0.25) is 14.6 Å². The maximum atomic E-state index is 11.8. The fourth-order valence-corrected chi connectivity index (χ4v) is 2.75. The Bertz CT molecular complexity index is 1040. The lowest BCUT2D eigenvalue weighted by Crippen LogP contribution is -2.39. The first-order chi connectivity index (χ1) is 13.3. The van der Waals surface area contributed by atoms with Gasteiger partial charge in [0.1, 0.15) is 11.9 Å². The van der Waals surface area contributed by atoms with Crippen molar-refractivity contribution in [1.82, 2.24) is 15.0 Å². The molecular formula is C19H21N7O2. The molecule has 2 amide bonds. The Morgan fingerprint density at radius 3 is 2.54 bits per heavy atom. The molecule has 0 spiro atoms. The first-order valence-electron chi connectivity index (χ1n) is 8.68. The molecule has 2 aromatic heterocycles. The van der Waals surface area contributed by atoms with Crippen molar-refractivity contribution in [1.29, 1.82) is 0 Å². The summed E-state index contributed by atoms with van der Waals surface area (Å²) in [5, 5.41) is 7.97. The number of nitrogens with zero attached hydrogens (tertiary/aromatic N) is 3. The lowest BCUT2D eigenvalue weighted by molar-refractivity contribution is -0.119. The molecule has 28 heavy (non-hydrogen) atoms. The summed E-state index contributed by atoms with van der Waals surface area (Å²) in [6.07, 6.45) is 4.80. The van der Waals surface area contributed by atoms with Crippen LogP contribution in [0.25, 0.3) is 10.8 Å². The lowest BCUT2D eigenvalue weighted by Gasteiger charge is -2.20. The predicted octanol–water partition coefficient (Wildman–Crippen LogP) is 1.79. The fraction of sp³-hybridized carbons (Fsp3) is 0.211. The van der Waals surface area contributed by atoms with Gasteiger partial charge in [-0.2, -0.15) is 0 Å². The number of carbonyl (C=O) groups is 2. The molecular weight excluding hydrogens is 358 g/mol. The van der Waals surface area contributed by atoms with E-state index >= 15 is 0 Å². The molecule has 0 radical (unpaired) electrons. The Morgan fingerprint density at radius 1 is 1.07 bits per heavy atom. The number of anilines is 3. The van der Waals surface area contributed by atoms with E-state index in [1.807, 2.05) is 38.1 Å². The van der Waals surface area contributed by atoms with Crippen LogP contribution in [0.15, 0.2) is 42.9 Å². The van der Waals surface area contributed by atoms with Crippen LogP contribution in [0.5, 0.6) is 0 Å². The van der Waals surface area contributed by atoms with E-state index in [1.165, 1.54) is 6.20 Å². The number of benzene rings is 1. The molecule has 0 aliphatic carbocycles. The Labute approximate surface area is 161 Å². The van der Waals surface area contributed by atoms with E-state index in [0.717, 1.165) is 10.8 Å². The van der Waals surface area contributed by atoms with Crippen LogP contribution in [-0.2, 0) is 4.79 Å². The van der Waals surface area contributed by atoms with Gasteiger partial charge in [-0.1, -0.05) is 19.9 Å². The highest BCUT2D eigenvalue weighted by molar-refractivity contribution is 5.97. The molecule has 0 saturated carbocycles. The van der Waals surface area contributed by atoms with E-state index < -0.39 is 17.9 Å². The van der Waals surface area contributed by atoms with Gasteiger partial charge in [-0.25, -0.2) is 9.97 Å². The molecule has 0 aliphatic rings. The number of nitrogens with two attached hydrogens (primary N) is 2. The van der Waals surface area contributed by atoms with Crippen LogP contribution in [-0.4, -0.2) is 32.8 Å². The molecule has 1 unspecified atom stereocenters. The SMILES string of the molecule is CC(C)C(Nc1cnc(C(N)=O)c(Nc2ccc3cnccc3c2)n1)C(N)=O. The number of aromatic nitrogens is 3. The van der Waals surface area contributed by atoms with E-state index in [4.69, 9.17) is 11.5 Å². The molecule has 0 aliphatic heterocycles. The van der Waals surface area contributed by atoms with Gasteiger partial charge in [0.15, 0.2) is 11.5 Å². The summed E-state index contributed by atoms with van der Waals surface area (Å²) in [5.74, 6) is -0.802. The zero-order valence-electron chi connectivity index (χ0n) is 15.5. The van der Waals surface area contributed by atoms with Crippen LogP contribution in [0.3, 0.4) is 0 Å². The third-order valence-corrected chi connectivity index (χ3v) is 4.19. The second kappa shape index (κ2) is 7.87. The quantitative estimate of drug-likeness (QED) is 0.489. The Kier molecular flexibility index (Phi) is 5.35. The topological polar surface area (TPSA) is 149 Å². The minimum absolute atomic E-state index is 0.0134. The molecule has 0 fully saturated rings. The maximum absolute atomic E-state index is 11.8. The molecule has 3 rings (SSSR count). The van der Waals surface area contributed by atoms with Crippen LogP contribution in [0.4, 0.5) is 17.3 Å². The number of primary amides is 2. The predicted molar refractivity (Wildman–Crippen MR) is 107 cm³/mol. The third-order valence-electron chi connectivity index (χ3n) is 4.19. The van der Waals surface area contributed by atoms with Gasteiger partial charge in [0.25, 0.3) is 5.91 Å². The molecule has 1 atom stereocenters. The fourth-order valence-electron chi connectivity index (χ4n) is 2.75. The van der Waals surface area contributed by atoms with E-state index in [1.54, 1.807) is 12.4 Å². The van der Waals surface area contributed by atoms with Crippen molar-refractivity contribution >= 4 is 39.9 Å². The first-order valence-corrected chi connectivity index (χ1v) is 8.68. The van der Waals surface area contributed by atoms with E-state index in [9.17, 15) is 9.59 Å². The van der Waals surface area contributed by atoms with Crippen molar-refractivity contribution < 1.29 is 9.59 Å². The van der Waals surface area contributed by atoms with Crippen LogP contribution in [0.2, 0.25) is 0 Å². The normalized spacial score (nSPS) is 12.0. The zero-order chi connectivity index (χ0) is 20.3. The van der Waals surface area contributed by atoms with E-state index in [2.05, 4.69) is 25.6 Å². The highest BCUT2D eigenvalue weighted by Gasteiger charge is 2.21. The summed E-state index contributed by atoms with van der Waals surface area (Å²) in [4.78, 5) is 35.9. The summed E-state index contributed by atoms with van der Waals surface area (Å²) in [7, 11) is 0. The molecule has 1 aromatic carbocycles. The van der Waals surface area contributed by atoms with Gasteiger partial charge in [0.05, 0.1) is 6.20 Å². The van der Waals surface area contributed by atoms with Gasteiger partial charge in [-0.05, 0) is 29.5 Å². The average molecular weight is 379 g/mol. The highest BCUT2D eigenvalue weighted by atomic mass is 16.1. The van der Waals surface area contributed by atoms with Crippen molar-refractivity contribution in [2.24, 2.45) is 17.4 Å². The molecule has 9 nitrogen and oxygen atoms in total. The molecule has 0 saturated heterocycles.